The summed E-state index contributed by atoms with van der Waals surface area (Å²) in [7, 11) is 5.84. The highest BCUT2D eigenvalue weighted by molar-refractivity contribution is 5.89. The van der Waals surface area contributed by atoms with Crippen LogP contribution in [0.15, 0.2) is 42.6 Å². The number of hydrogen-bond donors (Lipinski definition) is 1. The molecule has 0 radical (unpaired) electrons. The zero-order chi connectivity index (χ0) is 23.1. The summed E-state index contributed by atoms with van der Waals surface area (Å²) < 4.78 is 32.8. The summed E-state index contributed by atoms with van der Waals surface area (Å²) in [4.78, 5) is 9.87. The van der Waals surface area contributed by atoms with Crippen molar-refractivity contribution < 1.29 is 18.6 Å². The largest absolute Gasteiger partial charge is 0.493 e. The SMILES string of the molecule is COc1cc2c(Oc3ccc4[nH]c(C)cc4c3F)ccnc2cc1OCC1CC(N(C)C)C1. The summed E-state index contributed by atoms with van der Waals surface area (Å²) in [5.74, 6) is 2.05. The summed E-state index contributed by atoms with van der Waals surface area (Å²) in [5.41, 5.74) is 2.33. The maximum atomic E-state index is 15.1. The number of H-pyrrole nitrogens is 1. The number of pyridine rings is 1. The van der Waals surface area contributed by atoms with E-state index in [2.05, 4.69) is 29.0 Å². The van der Waals surface area contributed by atoms with Crippen LogP contribution in [0.4, 0.5) is 4.39 Å². The number of ether oxygens (including phenoxy) is 3. The van der Waals surface area contributed by atoms with E-state index >= 15 is 4.39 Å². The molecule has 5 rings (SSSR count). The monoisotopic (exact) mass is 449 g/mol. The van der Waals surface area contributed by atoms with Crippen molar-refractivity contribution in [3.8, 4) is 23.0 Å². The lowest BCUT2D eigenvalue weighted by Gasteiger charge is -2.39. The number of nitrogens with zero attached hydrogens (tertiary/aromatic N) is 2. The molecule has 0 spiro atoms. The van der Waals surface area contributed by atoms with E-state index in [4.69, 9.17) is 14.2 Å². The van der Waals surface area contributed by atoms with Crippen LogP contribution in [0.5, 0.6) is 23.0 Å². The molecular formula is C26H28FN3O3. The molecule has 1 aliphatic carbocycles. The Balaban J connectivity index is 1.41. The average molecular weight is 450 g/mol. The van der Waals surface area contributed by atoms with Crippen LogP contribution in [0.2, 0.25) is 0 Å². The Labute approximate surface area is 192 Å². The summed E-state index contributed by atoms with van der Waals surface area (Å²) in [6.45, 7) is 2.54. The topological polar surface area (TPSA) is 59.6 Å². The summed E-state index contributed by atoms with van der Waals surface area (Å²) >= 11 is 0. The minimum Gasteiger partial charge on any atom is -0.493 e. The van der Waals surface area contributed by atoms with Gasteiger partial charge < -0.3 is 24.1 Å². The average Bonchev–Trinajstić information content (AvgIpc) is 3.15. The Morgan fingerprint density at radius 2 is 1.85 bits per heavy atom. The van der Waals surface area contributed by atoms with E-state index in [0.29, 0.717) is 46.7 Å². The molecule has 172 valence electrons. The van der Waals surface area contributed by atoms with Crippen molar-refractivity contribution in [2.75, 3.05) is 27.8 Å². The van der Waals surface area contributed by atoms with Gasteiger partial charge in [-0.15, -0.1) is 0 Å². The fraction of sp³-hybridized carbons (Fsp3) is 0.346. The van der Waals surface area contributed by atoms with Crippen LogP contribution >= 0.6 is 0 Å². The van der Waals surface area contributed by atoms with Gasteiger partial charge in [0.2, 0.25) is 0 Å². The molecule has 2 aromatic carbocycles. The Kier molecular flexibility index (Phi) is 5.58. The molecule has 2 heterocycles. The predicted molar refractivity (Wildman–Crippen MR) is 127 cm³/mol. The highest BCUT2D eigenvalue weighted by Gasteiger charge is 2.31. The van der Waals surface area contributed by atoms with Crippen molar-refractivity contribution in [3.63, 3.8) is 0 Å². The second kappa shape index (κ2) is 8.56. The van der Waals surface area contributed by atoms with Crippen LogP contribution < -0.4 is 14.2 Å². The Morgan fingerprint density at radius 1 is 1.03 bits per heavy atom. The van der Waals surface area contributed by atoms with Gasteiger partial charge in [0.05, 0.1) is 19.2 Å². The number of fused-ring (bicyclic) bond motifs is 2. The summed E-state index contributed by atoms with van der Waals surface area (Å²) in [5, 5.41) is 1.23. The molecule has 0 unspecified atom stereocenters. The molecule has 7 heteroatoms. The molecule has 33 heavy (non-hydrogen) atoms. The predicted octanol–water partition coefficient (Wildman–Crippen LogP) is 5.68. The fourth-order valence-electron chi connectivity index (χ4n) is 4.44. The number of hydrogen-bond acceptors (Lipinski definition) is 5. The third-order valence-corrected chi connectivity index (χ3v) is 6.46. The van der Waals surface area contributed by atoms with Gasteiger partial charge >= 0.3 is 0 Å². The number of aryl methyl sites for hydroxylation is 1. The Hall–Kier alpha value is -3.32. The number of halogens is 1. The van der Waals surface area contributed by atoms with Gasteiger partial charge in [-0.2, -0.15) is 0 Å². The van der Waals surface area contributed by atoms with Gasteiger partial charge in [-0.25, -0.2) is 4.39 Å². The second-order valence-corrected chi connectivity index (χ2v) is 8.99. The van der Waals surface area contributed by atoms with E-state index in [9.17, 15) is 0 Å². The van der Waals surface area contributed by atoms with Crippen LogP contribution in [0, 0.1) is 18.7 Å². The zero-order valence-corrected chi connectivity index (χ0v) is 19.3. The normalized spacial score (nSPS) is 18.0. The Bertz CT molecular complexity index is 1310. The van der Waals surface area contributed by atoms with E-state index < -0.39 is 5.82 Å². The molecule has 0 amide bonds. The van der Waals surface area contributed by atoms with Crippen molar-refractivity contribution >= 4 is 21.8 Å². The van der Waals surface area contributed by atoms with Crippen LogP contribution in [0.25, 0.3) is 21.8 Å². The lowest BCUT2D eigenvalue weighted by molar-refractivity contribution is 0.0822. The summed E-state index contributed by atoms with van der Waals surface area (Å²) in [6.07, 6.45) is 3.92. The van der Waals surface area contributed by atoms with Crippen molar-refractivity contribution in [3.05, 3.63) is 54.1 Å². The molecule has 0 bridgehead atoms. The number of aromatic amines is 1. The van der Waals surface area contributed by atoms with E-state index in [1.807, 2.05) is 25.1 Å². The first-order valence-corrected chi connectivity index (χ1v) is 11.1. The van der Waals surface area contributed by atoms with Crippen LogP contribution in [0.1, 0.15) is 18.5 Å². The van der Waals surface area contributed by atoms with Crippen LogP contribution in [0.3, 0.4) is 0 Å². The van der Waals surface area contributed by atoms with Gasteiger partial charge in [0, 0.05) is 40.3 Å². The molecule has 1 fully saturated rings. The Morgan fingerprint density at radius 3 is 2.61 bits per heavy atom. The van der Waals surface area contributed by atoms with E-state index in [0.717, 1.165) is 29.4 Å². The van der Waals surface area contributed by atoms with Crippen molar-refractivity contribution in [1.29, 1.82) is 0 Å². The first-order chi connectivity index (χ1) is 15.9. The molecular weight excluding hydrogens is 421 g/mol. The highest BCUT2D eigenvalue weighted by atomic mass is 19.1. The molecule has 0 aliphatic heterocycles. The van der Waals surface area contributed by atoms with Gasteiger partial charge in [0.25, 0.3) is 0 Å². The quantitative estimate of drug-likeness (QED) is 0.393. The molecule has 2 aromatic heterocycles. The third kappa shape index (κ3) is 4.09. The molecule has 4 aromatic rings. The lowest BCUT2D eigenvalue weighted by Crippen LogP contribution is -2.42. The van der Waals surface area contributed by atoms with Gasteiger partial charge in [-0.1, -0.05) is 0 Å². The smallest absolute Gasteiger partial charge is 0.175 e. The first-order valence-electron chi connectivity index (χ1n) is 11.1. The van der Waals surface area contributed by atoms with E-state index in [-0.39, 0.29) is 5.75 Å². The maximum absolute atomic E-state index is 15.1. The third-order valence-electron chi connectivity index (χ3n) is 6.46. The van der Waals surface area contributed by atoms with E-state index in [1.165, 1.54) is 0 Å². The highest BCUT2D eigenvalue weighted by Crippen LogP contribution is 2.39. The van der Waals surface area contributed by atoms with Gasteiger partial charge in [-0.05, 0) is 70.1 Å². The van der Waals surface area contributed by atoms with Crippen molar-refractivity contribution in [2.45, 2.75) is 25.8 Å². The van der Waals surface area contributed by atoms with Crippen molar-refractivity contribution in [1.82, 2.24) is 14.9 Å². The van der Waals surface area contributed by atoms with Crippen LogP contribution in [-0.4, -0.2) is 48.7 Å². The van der Waals surface area contributed by atoms with E-state index in [1.54, 1.807) is 31.5 Å². The lowest BCUT2D eigenvalue weighted by atomic mass is 9.80. The second-order valence-electron chi connectivity index (χ2n) is 8.99. The van der Waals surface area contributed by atoms with Crippen LogP contribution in [-0.2, 0) is 0 Å². The van der Waals surface area contributed by atoms with Crippen molar-refractivity contribution in [2.24, 2.45) is 5.92 Å². The number of aromatic nitrogens is 2. The first kappa shape index (κ1) is 21.5. The van der Waals surface area contributed by atoms with Gasteiger partial charge in [0.15, 0.2) is 23.1 Å². The molecule has 1 saturated carbocycles. The van der Waals surface area contributed by atoms with Gasteiger partial charge in [0.1, 0.15) is 5.75 Å². The number of nitrogens with one attached hydrogen (secondary N) is 1. The molecule has 6 nitrogen and oxygen atoms in total. The number of benzene rings is 2. The minimum atomic E-state index is -0.398. The molecule has 0 atom stereocenters. The standard InChI is InChI=1S/C26H28FN3O3/c1-15-9-19-20(29-15)5-6-23(26(19)27)33-22-7-8-28-21-13-25(24(31-4)12-18(21)22)32-14-16-10-17(11-16)30(2)3/h5-9,12-13,16-17,29H,10-11,14H2,1-4H3. The molecule has 1 aliphatic rings. The molecule has 1 N–H and O–H groups in total. The number of rotatable bonds is 7. The molecule has 0 saturated heterocycles. The van der Waals surface area contributed by atoms with Gasteiger partial charge in [-0.3, -0.25) is 4.98 Å². The fourth-order valence-corrected chi connectivity index (χ4v) is 4.44. The maximum Gasteiger partial charge on any atom is 0.175 e. The summed E-state index contributed by atoms with van der Waals surface area (Å²) in [6, 6.07) is 11.3. The minimum absolute atomic E-state index is 0.161. The number of methoxy groups -OCH3 is 1. The zero-order valence-electron chi connectivity index (χ0n) is 19.3.